The maximum Gasteiger partial charge on any atom is 0.289 e. The topological polar surface area (TPSA) is 63.0 Å². The first-order valence-electron chi connectivity index (χ1n) is 8.36. The molecule has 0 N–H and O–H groups in total. The highest BCUT2D eigenvalue weighted by atomic mass is 19.3. The van der Waals surface area contributed by atoms with E-state index in [1.807, 2.05) is 0 Å². The van der Waals surface area contributed by atoms with Crippen LogP contribution < -0.4 is 0 Å². The van der Waals surface area contributed by atoms with Crippen LogP contribution in [-0.4, -0.2) is 67.4 Å². The average Bonchev–Trinajstić information content (AvgIpc) is 3.09. The third-order valence-electron chi connectivity index (χ3n) is 4.92. The molecule has 2 aliphatic heterocycles. The van der Waals surface area contributed by atoms with Crippen LogP contribution in [0.2, 0.25) is 0 Å². The normalized spacial score (nSPS) is 26.3. The van der Waals surface area contributed by atoms with Gasteiger partial charge in [-0.15, -0.1) is 0 Å². The van der Waals surface area contributed by atoms with Gasteiger partial charge >= 0.3 is 0 Å². The number of ether oxygens (including phenoxy) is 1. The van der Waals surface area contributed by atoms with E-state index in [4.69, 9.17) is 9.15 Å². The van der Waals surface area contributed by atoms with Crippen molar-refractivity contribution >= 4 is 11.8 Å². The van der Waals surface area contributed by atoms with Gasteiger partial charge in [-0.3, -0.25) is 9.59 Å². The van der Waals surface area contributed by atoms with Crippen LogP contribution in [0.1, 0.15) is 29.8 Å². The Bertz CT molecular complexity index is 635. The number of piperidine rings is 2. The molecule has 25 heavy (non-hydrogen) atoms. The summed E-state index contributed by atoms with van der Waals surface area (Å²) >= 11 is 0. The molecule has 0 saturated carbocycles. The summed E-state index contributed by atoms with van der Waals surface area (Å²) in [7, 11) is 1.53. The van der Waals surface area contributed by atoms with Crippen LogP contribution in [0.5, 0.6) is 0 Å². The second-order valence-corrected chi connectivity index (χ2v) is 6.84. The highest BCUT2D eigenvalue weighted by Crippen LogP contribution is 2.45. The summed E-state index contributed by atoms with van der Waals surface area (Å²) in [5, 5.41) is 0. The highest BCUT2D eigenvalue weighted by molar-refractivity contribution is 5.92. The van der Waals surface area contributed by atoms with Crippen molar-refractivity contribution in [1.29, 1.82) is 0 Å². The number of carbonyl (C=O) groups is 2. The molecule has 1 aromatic rings. The van der Waals surface area contributed by atoms with Crippen molar-refractivity contribution in [2.24, 2.45) is 5.41 Å². The van der Waals surface area contributed by atoms with Crippen LogP contribution in [0.25, 0.3) is 0 Å². The number of likely N-dealkylation sites (tertiary alicyclic amines) is 2. The Balaban J connectivity index is 1.84. The van der Waals surface area contributed by atoms with Crippen LogP contribution in [-0.2, 0) is 9.53 Å². The molecule has 138 valence electrons. The van der Waals surface area contributed by atoms with Gasteiger partial charge in [-0.1, -0.05) is 0 Å². The monoisotopic (exact) mass is 356 g/mol. The number of hydrogen-bond donors (Lipinski definition) is 0. The van der Waals surface area contributed by atoms with Gasteiger partial charge in [0.2, 0.25) is 5.91 Å². The number of rotatable bonds is 4. The first-order chi connectivity index (χ1) is 11.9. The lowest BCUT2D eigenvalue weighted by molar-refractivity contribution is -0.166. The Morgan fingerprint density at radius 2 is 2.20 bits per heavy atom. The maximum absolute atomic E-state index is 14.4. The van der Waals surface area contributed by atoms with E-state index in [1.165, 1.54) is 25.5 Å². The lowest BCUT2D eigenvalue weighted by atomic mass is 9.71. The van der Waals surface area contributed by atoms with Gasteiger partial charge < -0.3 is 19.0 Å². The summed E-state index contributed by atoms with van der Waals surface area (Å²) in [5.74, 6) is -4.02. The fourth-order valence-corrected chi connectivity index (χ4v) is 3.88. The molecule has 2 saturated heterocycles. The second kappa shape index (κ2) is 6.74. The van der Waals surface area contributed by atoms with Crippen molar-refractivity contribution < 1.29 is 27.5 Å². The zero-order chi connectivity index (χ0) is 18.1. The molecular formula is C17H22F2N2O4. The molecule has 3 heterocycles. The average molecular weight is 356 g/mol. The zero-order valence-corrected chi connectivity index (χ0v) is 14.2. The predicted octanol–water partition coefficient (Wildman–Crippen LogP) is 2.02. The van der Waals surface area contributed by atoms with Gasteiger partial charge in [-0.05, 0) is 25.0 Å². The minimum Gasteiger partial charge on any atom is -0.459 e. The molecule has 0 aliphatic carbocycles. The van der Waals surface area contributed by atoms with Crippen LogP contribution >= 0.6 is 0 Å². The molecule has 1 atom stereocenters. The van der Waals surface area contributed by atoms with Gasteiger partial charge in [0.1, 0.15) is 0 Å². The van der Waals surface area contributed by atoms with Gasteiger partial charge in [-0.2, -0.15) is 0 Å². The molecule has 0 aromatic carbocycles. The minimum atomic E-state index is -3.11. The molecule has 0 bridgehead atoms. The summed E-state index contributed by atoms with van der Waals surface area (Å²) in [5.41, 5.74) is -1.24. The standard InChI is InChI=1S/C17H22F2N2O4/c1-24-9-7-20-6-3-5-16(15(20)23)10-17(18,19)12-21(11-16)14(22)13-4-2-8-25-13/h2,4,8H,3,5-7,9-12H2,1H3. The summed E-state index contributed by atoms with van der Waals surface area (Å²) in [6.45, 7) is 0.549. The second-order valence-electron chi connectivity index (χ2n) is 6.84. The first-order valence-corrected chi connectivity index (χ1v) is 8.36. The molecule has 6 nitrogen and oxygen atoms in total. The molecule has 8 heteroatoms. The van der Waals surface area contributed by atoms with E-state index >= 15 is 0 Å². The molecule has 2 aliphatic rings. The molecule has 1 unspecified atom stereocenters. The Hall–Kier alpha value is -1.96. The predicted molar refractivity (Wildman–Crippen MR) is 84.3 cm³/mol. The number of carbonyl (C=O) groups excluding carboxylic acids is 2. The molecular weight excluding hydrogens is 334 g/mol. The van der Waals surface area contributed by atoms with Crippen molar-refractivity contribution in [2.75, 3.05) is 39.9 Å². The van der Waals surface area contributed by atoms with E-state index in [1.54, 1.807) is 4.90 Å². The molecule has 2 amide bonds. The lowest BCUT2D eigenvalue weighted by Gasteiger charge is -2.49. The molecule has 0 radical (unpaired) electrons. The van der Waals surface area contributed by atoms with E-state index in [2.05, 4.69) is 0 Å². The van der Waals surface area contributed by atoms with Crippen LogP contribution in [0, 0.1) is 5.41 Å². The van der Waals surface area contributed by atoms with Crippen LogP contribution in [0.4, 0.5) is 8.78 Å². The van der Waals surface area contributed by atoms with Gasteiger partial charge in [0.25, 0.3) is 11.8 Å². The quantitative estimate of drug-likeness (QED) is 0.828. The third kappa shape index (κ3) is 3.53. The number of hydrogen-bond acceptors (Lipinski definition) is 4. The Labute approximate surface area is 144 Å². The summed E-state index contributed by atoms with van der Waals surface area (Å²) in [4.78, 5) is 28.0. The molecule has 1 spiro atoms. The third-order valence-corrected chi connectivity index (χ3v) is 4.92. The van der Waals surface area contributed by atoms with Gasteiger partial charge in [0.05, 0.1) is 24.8 Å². The number of amides is 2. The largest absolute Gasteiger partial charge is 0.459 e. The van der Waals surface area contributed by atoms with Gasteiger partial charge in [0.15, 0.2) is 5.76 Å². The molecule has 2 fully saturated rings. The summed E-state index contributed by atoms with van der Waals surface area (Å²) in [6, 6.07) is 2.97. The van der Waals surface area contributed by atoms with E-state index < -0.39 is 30.2 Å². The van der Waals surface area contributed by atoms with E-state index in [0.717, 1.165) is 4.90 Å². The number of halogens is 2. The zero-order valence-electron chi connectivity index (χ0n) is 14.2. The maximum atomic E-state index is 14.4. The Morgan fingerprint density at radius 3 is 2.88 bits per heavy atom. The van der Waals surface area contributed by atoms with Crippen LogP contribution in [0.3, 0.4) is 0 Å². The smallest absolute Gasteiger partial charge is 0.289 e. The van der Waals surface area contributed by atoms with Crippen molar-refractivity contribution in [2.45, 2.75) is 25.2 Å². The van der Waals surface area contributed by atoms with Crippen LogP contribution in [0.15, 0.2) is 22.8 Å². The van der Waals surface area contributed by atoms with Crippen molar-refractivity contribution in [3.63, 3.8) is 0 Å². The van der Waals surface area contributed by atoms with E-state index in [-0.39, 0.29) is 18.2 Å². The van der Waals surface area contributed by atoms with Crippen molar-refractivity contribution in [1.82, 2.24) is 9.80 Å². The fraction of sp³-hybridized carbons (Fsp3) is 0.647. The SMILES string of the molecule is COCCN1CCCC2(CN(C(=O)c3ccco3)CC(F)(F)C2)C1=O. The molecule has 1 aromatic heterocycles. The number of methoxy groups -OCH3 is 1. The van der Waals surface area contributed by atoms with Crippen molar-refractivity contribution in [3.05, 3.63) is 24.2 Å². The summed E-state index contributed by atoms with van der Waals surface area (Å²) in [6.07, 6.45) is 1.79. The first kappa shape index (κ1) is 17.8. The molecule has 3 rings (SSSR count). The number of furan rings is 1. The van der Waals surface area contributed by atoms with Crippen molar-refractivity contribution in [3.8, 4) is 0 Å². The van der Waals surface area contributed by atoms with Gasteiger partial charge in [0, 0.05) is 33.2 Å². The highest BCUT2D eigenvalue weighted by Gasteiger charge is 2.56. The number of nitrogens with zero attached hydrogens (tertiary/aromatic N) is 2. The summed E-state index contributed by atoms with van der Waals surface area (Å²) < 4.78 is 38.9. The Kier molecular flexibility index (Phi) is 4.81. The number of alkyl halides is 2. The fourth-order valence-electron chi connectivity index (χ4n) is 3.88. The van der Waals surface area contributed by atoms with E-state index in [0.29, 0.717) is 32.5 Å². The minimum absolute atomic E-state index is 0.00680. The lowest BCUT2D eigenvalue weighted by Crippen LogP contribution is -2.62. The van der Waals surface area contributed by atoms with Gasteiger partial charge in [-0.25, -0.2) is 8.78 Å². The van der Waals surface area contributed by atoms with E-state index in [9.17, 15) is 18.4 Å². The Morgan fingerprint density at radius 1 is 1.40 bits per heavy atom.